The fourth-order valence-electron chi connectivity index (χ4n) is 2.03. The van der Waals surface area contributed by atoms with Crippen LogP contribution in [0.15, 0.2) is 48.5 Å². The van der Waals surface area contributed by atoms with E-state index in [4.69, 9.17) is 23.2 Å². The maximum absolute atomic E-state index is 11.8. The zero-order chi connectivity index (χ0) is 18.9. The fraction of sp³-hybridized carbons (Fsp3) is 0.167. The zero-order valence-corrected chi connectivity index (χ0v) is 16.0. The van der Waals surface area contributed by atoms with E-state index in [9.17, 15) is 14.9 Å². The second-order valence-corrected chi connectivity index (χ2v) is 7.15. The quantitative estimate of drug-likeness (QED) is 0.288. The van der Waals surface area contributed by atoms with Crippen LogP contribution in [0.1, 0.15) is 11.1 Å². The zero-order valence-electron chi connectivity index (χ0n) is 13.7. The van der Waals surface area contributed by atoms with E-state index in [2.05, 4.69) is 5.32 Å². The molecule has 0 saturated heterocycles. The van der Waals surface area contributed by atoms with E-state index in [-0.39, 0.29) is 11.6 Å². The van der Waals surface area contributed by atoms with Crippen LogP contribution in [-0.4, -0.2) is 23.1 Å². The van der Waals surface area contributed by atoms with Crippen molar-refractivity contribution >= 4 is 52.6 Å². The van der Waals surface area contributed by atoms with E-state index in [0.717, 1.165) is 11.3 Å². The molecule has 2 aromatic carbocycles. The lowest BCUT2D eigenvalue weighted by molar-refractivity contribution is -0.384. The van der Waals surface area contributed by atoms with Gasteiger partial charge in [0.2, 0.25) is 5.91 Å². The van der Waals surface area contributed by atoms with Crippen LogP contribution >= 0.6 is 35.0 Å². The molecular weight excluding hydrogens is 395 g/mol. The maximum Gasteiger partial charge on any atom is 0.269 e. The smallest absolute Gasteiger partial charge is 0.269 e. The minimum Gasteiger partial charge on any atom is -0.352 e. The first kappa shape index (κ1) is 20.3. The number of nitro groups is 1. The minimum absolute atomic E-state index is 0.0160. The van der Waals surface area contributed by atoms with Crippen LogP contribution in [0.4, 0.5) is 5.69 Å². The lowest BCUT2D eigenvalue weighted by Crippen LogP contribution is -2.23. The number of benzene rings is 2. The molecule has 136 valence electrons. The molecule has 0 aliphatic heterocycles. The van der Waals surface area contributed by atoms with Gasteiger partial charge in [0.25, 0.3) is 5.69 Å². The Morgan fingerprint density at radius 2 is 1.81 bits per heavy atom. The van der Waals surface area contributed by atoms with Crippen LogP contribution in [0.5, 0.6) is 0 Å². The van der Waals surface area contributed by atoms with Gasteiger partial charge in [-0.25, -0.2) is 0 Å². The summed E-state index contributed by atoms with van der Waals surface area (Å²) in [7, 11) is 0. The molecule has 2 rings (SSSR count). The molecular formula is C18H16Cl2N2O3S. The molecule has 5 nitrogen and oxygen atoms in total. The number of hydrogen-bond acceptors (Lipinski definition) is 4. The van der Waals surface area contributed by atoms with Gasteiger partial charge in [0, 0.05) is 46.3 Å². The Kier molecular flexibility index (Phi) is 7.97. The van der Waals surface area contributed by atoms with Gasteiger partial charge in [0.05, 0.1) is 4.92 Å². The number of hydrogen-bond donors (Lipinski definition) is 1. The number of nitrogens with one attached hydrogen (secondary N) is 1. The molecule has 0 bridgehead atoms. The van der Waals surface area contributed by atoms with E-state index < -0.39 is 4.92 Å². The lowest BCUT2D eigenvalue weighted by atomic mass is 10.2. The molecule has 0 aliphatic carbocycles. The molecule has 1 N–H and O–H groups in total. The molecule has 0 heterocycles. The van der Waals surface area contributed by atoms with Crippen molar-refractivity contribution in [3.05, 3.63) is 79.8 Å². The van der Waals surface area contributed by atoms with Gasteiger partial charge < -0.3 is 5.32 Å². The summed E-state index contributed by atoms with van der Waals surface area (Å²) in [4.78, 5) is 21.9. The first-order valence-electron chi connectivity index (χ1n) is 7.68. The monoisotopic (exact) mass is 410 g/mol. The van der Waals surface area contributed by atoms with Crippen molar-refractivity contribution in [1.82, 2.24) is 5.32 Å². The first-order valence-corrected chi connectivity index (χ1v) is 9.59. The SMILES string of the molecule is O=C(C=Cc1ccc([N+](=O)[O-])cc1)NCCSCc1c(Cl)cccc1Cl. The number of rotatable bonds is 8. The molecule has 8 heteroatoms. The number of thioether (sulfide) groups is 1. The van der Waals surface area contributed by atoms with Gasteiger partial charge in [-0.15, -0.1) is 0 Å². The van der Waals surface area contributed by atoms with E-state index >= 15 is 0 Å². The molecule has 2 aromatic rings. The van der Waals surface area contributed by atoms with Crippen molar-refractivity contribution < 1.29 is 9.72 Å². The first-order chi connectivity index (χ1) is 12.5. The third-order valence-corrected chi connectivity index (χ3v) is 5.08. The number of carbonyl (C=O) groups is 1. The highest BCUT2D eigenvalue weighted by molar-refractivity contribution is 7.98. The van der Waals surface area contributed by atoms with Gasteiger partial charge in [0.1, 0.15) is 0 Å². The van der Waals surface area contributed by atoms with Gasteiger partial charge >= 0.3 is 0 Å². The third kappa shape index (κ3) is 6.37. The van der Waals surface area contributed by atoms with Crippen LogP contribution in [0.3, 0.4) is 0 Å². The van der Waals surface area contributed by atoms with E-state index in [1.807, 2.05) is 0 Å². The molecule has 1 amide bonds. The molecule has 0 atom stereocenters. The summed E-state index contributed by atoms with van der Waals surface area (Å²) in [6.07, 6.45) is 3.01. The van der Waals surface area contributed by atoms with Gasteiger partial charge in [0.15, 0.2) is 0 Å². The Labute approximate surface area is 165 Å². The van der Waals surface area contributed by atoms with E-state index in [0.29, 0.717) is 27.9 Å². The largest absolute Gasteiger partial charge is 0.352 e. The topological polar surface area (TPSA) is 72.2 Å². The second kappa shape index (κ2) is 10.2. The van der Waals surface area contributed by atoms with Gasteiger partial charge in [-0.3, -0.25) is 14.9 Å². The minimum atomic E-state index is -0.465. The van der Waals surface area contributed by atoms with E-state index in [1.54, 1.807) is 48.2 Å². The Morgan fingerprint density at radius 3 is 2.42 bits per heavy atom. The number of nitro benzene ring substituents is 1. The maximum atomic E-state index is 11.8. The summed E-state index contributed by atoms with van der Waals surface area (Å²) in [6, 6.07) is 11.4. The number of non-ortho nitro benzene ring substituents is 1. The van der Waals surface area contributed by atoms with Crippen LogP contribution in [0, 0.1) is 10.1 Å². The lowest BCUT2D eigenvalue weighted by Gasteiger charge is -2.07. The highest BCUT2D eigenvalue weighted by atomic mass is 35.5. The number of carbonyl (C=O) groups excluding carboxylic acids is 1. The summed E-state index contributed by atoms with van der Waals surface area (Å²) in [5, 5.41) is 14.6. The van der Waals surface area contributed by atoms with Crippen LogP contribution in [-0.2, 0) is 10.5 Å². The van der Waals surface area contributed by atoms with Crippen molar-refractivity contribution in [3.8, 4) is 0 Å². The van der Waals surface area contributed by atoms with Gasteiger partial charge in [-0.2, -0.15) is 11.8 Å². The normalized spacial score (nSPS) is 10.8. The molecule has 0 saturated carbocycles. The van der Waals surface area contributed by atoms with Crippen molar-refractivity contribution in [3.63, 3.8) is 0 Å². The highest BCUT2D eigenvalue weighted by Gasteiger charge is 2.05. The third-order valence-electron chi connectivity index (χ3n) is 3.38. The predicted octanol–water partition coefficient (Wildman–Crippen LogP) is 4.96. The van der Waals surface area contributed by atoms with Crippen molar-refractivity contribution in [2.45, 2.75) is 5.75 Å². The molecule has 0 spiro atoms. The van der Waals surface area contributed by atoms with Crippen LogP contribution in [0.2, 0.25) is 10.0 Å². The standard InChI is InChI=1S/C18H16Cl2N2O3S/c19-16-2-1-3-17(20)15(16)12-26-11-10-21-18(23)9-6-13-4-7-14(8-5-13)22(24)25/h1-9H,10-12H2,(H,21,23). The van der Waals surface area contributed by atoms with Crippen molar-refractivity contribution in [2.24, 2.45) is 0 Å². The second-order valence-electron chi connectivity index (χ2n) is 5.23. The Bertz CT molecular complexity index is 790. The summed E-state index contributed by atoms with van der Waals surface area (Å²) in [5.74, 6) is 1.17. The van der Waals surface area contributed by atoms with Crippen LogP contribution < -0.4 is 5.32 Å². The molecule has 0 aliphatic rings. The summed E-state index contributed by atoms with van der Waals surface area (Å²) >= 11 is 13.8. The summed E-state index contributed by atoms with van der Waals surface area (Å²) < 4.78 is 0. The molecule has 0 aromatic heterocycles. The highest BCUT2D eigenvalue weighted by Crippen LogP contribution is 2.27. The molecule has 26 heavy (non-hydrogen) atoms. The number of halogens is 2. The van der Waals surface area contributed by atoms with Crippen molar-refractivity contribution in [2.75, 3.05) is 12.3 Å². The predicted molar refractivity (Wildman–Crippen MR) is 108 cm³/mol. The van der Waals surface area contributed by atoms with Crippen molar-refractivity contribution in [1.29, 1.82) is 0 Å². The average molecular weight is 411 g/mol. The van der Waals surface area contributed by atoms with E-state index in [1.165, 1.54) is 18.2 Å². The molecule has 0 fully saturated rings. The summed E-state index contributed by atoms with van der Waals surface area (Å²) in [5.41, 5.74) is 1.63. The van der Waals surface area contributed by atoms with Gasteiger partial charge in [-0.1, -0.05) is 29.3 Å². The Morgan fingerprint density at radius 1 is 1.15 bits per heavy atom. The van der Waals surface area contributed by atoms with Crippen LogP contribution in [0.25, 0.3) is 6.08 Å². The van der Waals surface area contributed by atoms with Gasteiger partial charge in [-0.05, 0) is 41.5 Å². The fourth-order valence-corrected chi connectivity index (χ4v) is 3.62. The number of amides is 1. The number of nitrogens with zero attached hydrogens (tertiary/aromatic N) is 1. The molecule has 0 unspecified atom stereocenters. The Balaban J connectivity index is 1.71. The Hall–Kier alpha value is -2.02. The summed E-state index contributed by atoms with van der Waals surface area (Å²) in [6.45, 7) is 0.510. The average Bonchev–Trinajstić information content (AvgIpc) is 2.62. The molecule has 0 radical (unpaired) electrons.